The van der Waals surface area contributed by atoms with Crippen LogP contribution in [-0.4, -0.2) is 20.4 Å². The predicted octanol–water partition coefficient (Wildman–Crippen LogP) is 6.95. The molecule has 4 heteroatoms. The van der Waals surface area contributed by atoms with Crippen molar-refractivity contribution in [3.8, 4) is 0 Å². The van der Waals surface area contributed by atoms with E-state index in [-0.39, 0.29) is 17.1 Å². The zero-order valence-electron chi connectivity index (χ0n) is 20.1. The summed E-state index contributed by atoms with van der Waals surface area (Å²) in [6.45, 7) is 14.4. The van der Waals surface area contributed by atoms with Gasteiger partial charge in [-0.2, -0.15) is 0 Å². The summed E-state index contributed by atoms with van der Waals surface area (Å²) in [6.07, 6.45) is 0. The molecule has 1 radical (unpaired) electrons. The number of rotatable bonds is 4. The van der Waals surface area contributed by atoms with Crippen LogP contribution in [0.15, 0.2) is 133 Å². The summed E-state index contributed by atoms with van der Waals surface area (Å²) >= 11 is 0. The third-order valence-corrected chi connectivity index (χ3v) is 5.60. The molecule has 0 unspecified atom stereocenters. The third-order valence-electron chi connectivity index (χ3n) is 5.60. The van der Waals surface area contributed by atoms with Crippen LogP contribution < -0.4 is 0 Å². The van der Waals surface area contributed by atoms with E-state index in [0.29, 0.717) is 0 Å². The van der Waals surface area contributed by atoms with Gasteiger partial charge in [-0.25, -0.2) is 0 Å². The molecule has 0 aliphatic heterocycles. The van der Waals surface area contributed by atoms with Crippen molar-refractivity contribution < 1.29 is 31.5 Å². The zero-order chi connectivity index (χ0) is 26.3. The largest absolute Gasteiger partial charge is 3.00 e. The van der Waals surface area contributed by atoms with E-state index in [9.17, 15) is 0 Å². The number of carbonyl (C=O) groups excluding carboxylic acids is 3. The summed E-state index contributed by atoms with van der Waals surface area (Å²) in [6, 6.07) is 42.6. The van der Waals surface area contributed by atoms with Gasteiger partial charge in [0.05, 0.1) is 0 Å². The maximum absolute atomic E-state index is 7.75. The second-order valence-electron chi connectivity index (χ2n) is 7.44. The number of benzene rings is 4. The molecule has 0 aromatic heterocycles. The van der Waals surface area contributed by atoms with Gasteiger partial charge in [-0.05, 0) is 50.1 Å². The molecule has 0 bridgehead atoms. The molecule has 3 nitrogen and oxygen atoms in total. The van der Waals surface area contributed by atoms with Gasteiger partial charge in [-0.15, -0.1) is 0 Å². The molecule has 0 saturated carbocycles. The van der Waals surface area contributed by atoms with Crippen molar-refractivity contribution >= 4 is 42.7 Å². The summed E-state index contributed by atoms with van der Waals surface area (Å²) in [7, 11) is 0. The van der Waals surface area contributed by atoms with Gasteiger partial charge in [0.25, 0.3) is 0 Å². The number of allylic oxidation sites excluding steroid dienone is 5. The van der Waals surface area contributed by atoms with Crippen LogP contribution in [0.5, 0.6) is 0 Å². The van der Waals surface area contributed by atoms with E-state index in [1.54, 1.807) is 0 Å². The molecule has 37 heavy (non-hydrogen) atoms. The predicted molar refractivity (Wildman–Crippen MR) is 149 cm³/mol. The molecule has 0 fully saturated rings. The number of hydrogen-bond acceptors (Lipinski definition) is 3. The molecule has 0 heterocycles. The van der Waals surface area contributed by atoms with Gasteiger partial charge in [0, 0.05) is 0 Å². The van der Waals surface area contributed by atoms with Gasteiger partial charge >= 0.3 is 17.1 Å². The van der Waals surface area contributed by atoms with Crippen LogP contribution in [0.3, 0.4) is 0 Å². The van der Waals surface area contributed by atoms with Gasteiger partial charge in [-0.3, -0.25) is 20.4 Å². The van der Waals surface area contributed by atoms with Crippen LogP contribution in [-0.2, 0) is 31.5 Å². The molecule has 0 spiro atoms. The van der Waals surface area contributed by atoms with Crippen LogP contribution in [0, 0.1) is 0 Å². The first-order chi connectivity index (χ1) is 17.8. The number of hydrogen-bond donors (Lipinski definition) is 0. The Bertz CT molecular complexity index is 1210. The molecule has 1 aliphatic carbocycles. The van der Waals surface area contributed by atoms with Gasteiger partial charge in [0.2, 0.25) is 0 Å². The van der Waals surface area contributed by atoms with Gasteiger partial charge in [-0.1, -0.05) is 128 Å². The van der Waals surface area contributed by atoms with Crippen LogP contribution in [0.1, 0.15) is 22.3 Å². The van der Waals surface area contributed by atoms with Crippen molar-refractivity contribution in [3.63, 3.8) is 0 Å². The second kappa shape index (κ2) is 16.3. The molecular formula is C33H25FeO3. The van der Waals surface area contributed by atoms with Crippen LogP contribution >= 0.6 is 0 Å². The van der Waals surface area contributed by atoms with Crippen molar-refractivity contribution in [2.45, 2.75) is 0 Å². The van der Waals surface area contributed by atoms with Crippen LogP contribution in [0.4, 0.5) is 0 Å². The fourth-order valence-corrected chi connectivity index (χ4v) is 4.31. The fourth-order valence-electron chi connectivity index (χ4n) is 4.31. The Hall–Kier alpha value is -4.37. The molecule has 0 amide bonds. The molecule has 5 rings (SSSR count). The first-order valence-electron chi connectivity index (χ1n) is 11.0. The topological polar surface area (TPSA) is 51.2 Å². The molecule has 1 aliphatic rings. The monoisotopic (exact) mass is 525 g/mol. The summed E-state index contributed by atoms with van der Waals surface area (Å²) in [5, 5.41) is 0. The average Bonchev–Trinajstić information content (AvgIpc) is 3.30. The molecule has 4 aromatic carbocycles. The van der Waals surface area contributed by atoms with Gasteiger partial charge in [0.15, 0.2) is 0 Å². The van der Waals surface area contributed by atoms with E-state index >= 15 is 0 Å². The zero-order valence-corrected chi connectivity index (χ0v) is 21.2. The Kier molecular flexibility index (Phi) is 13.5. The molecule has 183 valence electrons. The molecule has 0 atom stereocenters. The van der Waals surface area contributed by atoms with Crippen molar-refractivity contribution in [2.24, 2.45) is 0 Å². The van der Waals surface area contributed by atoms with E-state index in [4.69, 9.17) is 14.4 Å². The molecule has 4 aromatic rings. The Balaban J connectivity index is 0.000000914. The summed E-state index contributed by atoms with van der Waals surface area (Å²) < 4.78 is 0. The van der Waals surface area contributed by atoms with E-state index in [0.717, 1.165) is 5.57 Å². The Morgan fingerprint density at radius 3 is 0.757 bits per heavy atom. The van der Waals surface area contributed by atoms with Gasteiger partial charge in [0.1, 0.15) is 0 Å². The first-order valence-corrected chi connectivity index (χ1v) is 11.0. The normalized spacial score (nSPS) is 11.5. The Morgan fingerprint density at radius 2 is 0.541 bits per heavy atom. The van der Waals surface area contributed by atoms with Crippen LogP contribution in [0.2, 0.25) is 0 Å². The quantitative estimate of drug-likeness (QED) is 0.165. The summed E-state index contributed by atoms with van der Waals surface area (Å²) in [5.41, 5.74) is 10.8. The van der Waals surface area contributed by atoms with Crippen LogP contribution in [0.25, 0.3) is 22.3 Å². The standard InChI is InChI=1S/C30H22.3CHO.Fe/c1-22-27(23-14-6-2-7-15-23)29(25-18-10-4-11-19-25)30(26-20-12-5-13-21-26)28(22)24-16-8-3-9-17-24;3*1-2;/h2-21H,1H2;3*1H;/q;3*-1;+3. The third kappa shape index (κ3) is 6.86. The van der Waals surface area contributed by atoms with E-state index in [1.165, 1.54) is 44.5 Å². The fraction of sp³-hybridized carbons (Fsp3) is 0. The smallest absolute Gasteiger partial charge is 0.545 e. The van der Waals surface area contributed by atoms with Crippen molar-refractivity contribution in [2.75, 3.05) is 0 Å². The maximum atomic E-state index is 7.75. The molecule has 0 saturated heterocycles. The minimum atomic E-state index is 0. The van der Waals surface area contributed by atoms with E-state index < -0.39 is 0 Å². The minimum absolute atomic E-state index is 0. The van der Waals surface area contributed by atoms with E-state index in [1.807, 2.05) is 0 Å². The molecular weight excluding hydrogens is 500 g/mol. The first kappa shape index (κ1) is 30.7. The second-order valence-corrected chi connectivity index (χ2v) is 7.44. The Labute approximate surface area is 229 Å². The Morgan fingerprint density at radius 1 is 0.351 bits per heavy atom. The summed E-state index contributed by atoms with van der Waals surface area (Å²) in [4.78, 5) is 23.2. The summed E-state index contributed by atoms with van der Waals surface area (Å²) in [5.74, 6) is 0. The van der Waals surface area contributed by atoms with Gasteiger partial charge < -0.3 is 14.4 Å². The molecule has 0 N–H and O–H groups in total. The van der Waals surface area contributed by atoms with Crippen molar-refractivity contribution in [3.05, 3.63) is 156 Å². The minimum Gasteiger partial charge on any atom is -0.545 e. The van der Waals surface area contributed by atoms with E-state index in [2.05, 4.69) is 148 Å². The van der Waals surface area contributed by atoms with Crippen molar-refractivity contribution in [1.29, 1.82) is 0 Å². The average molecular weight is 525 g/mol. The van der Waals surface area contributed by atoms with Crippen molar-refractivity contribution in [1.82, 2.24) is 0 Å². The SMILES string of the molecule is C=C1C(c2ccccc2)=C(c2ccccc2)C(c2ccccc2)=C1c1ccccc1.[CH-]=O.[CH-]=O.[CH-]=O.[Fe+3]. The maximum Gasteiger partial charge on any atom is 3.00 e.